The highest BCUT2D eigenvalue weighted by atomic mass is 32.2. The Morgan fingerprint density at radius 3 is 2.85 bits per heavy atom. The predicted octanol–water partition coefficient (Wildman–Crippen LogP) is 2.55. The topological polar surface area (TPSA) is 96.0 Å². The van der Waals surface area contributed by atoms with Crippen LogP contribution in [0.4, 0.5) is 10.8 Å². The van der Waals surface area contributed by atoms with Gasteiger partial charge in [-0.3, -0.25) is 9.59 Å². The number of hydrogen-bond acceptors (Lipinski definition) is 7. The third-order valence-electron chi connectivity index (χ3n) is 3.25. The normalized spacial score (nSPS) is 10.2. The first kappa shape index (κ1) is 19.9. The van der Waals surface area contributed by atoms with Crippen LogP contribution in [-0.2, 0) is 16.0 Å². The van der Waals surface area contributed by atoms with Crippen molar-refractivity contribution in [3.8, 4) is 0 Å². The lowest BCUT2D eigenvalue weighted by Crippen LogP contribution is -2.34. The van der Waals surface area contributed by atoms with E-state index in [0.717, 1.165) is 17.7 Å². The Kier molecular flexibility index (Phi) is 8.10. The molecule has 3 N–H and O–H groups in total. The highest BCUT2D eigenvalue weighted by molar-refractivity contribution is 8.01. The van der Waals surface area contributed by atoms with Gasteiger partial charge in [0.05, 0.1) is 12.3 Å². The van der Waals surface area contributed by atoms with Crippen LogP contribution in [-0.4, -0.2) is 40.9 Å². The minimum atomic E-state index is -0.254. The molecule has 2 amide bonds. The summed E-state index contributed by atoms with van der Waals surface area (Å²) in [6.45, 7) is 6.18. The second-order valence-corrected chi connectivity index (χ2v) is 7.37. The summed E-state index contributed by atoms with van der Waals surface area (Å²) >= 11 is 2.65. The molecule has 0 saturated heterocycles. The molecule has 0 aliphatic rings. The Morgan fingerprint density at radius 1 is 1.27 bits per heavy atom. The summed E-state index contributed by atoms with van der Waals surface area (Å²) in [6, 6.07) is 7.61. The van der Waals surface area contributed by atoms with E-state index in [2.05, 4.69) is 32.7 Å². The van der Waals surface area contributed by atoms with Crippen LogP contribution in [0.15, 0.2) is 41.3 Å². The molecule has 0 bridgehead atoms. The van der Waals surface area contributed by atoms with Crippen molar-refractivity contribution >= 4 is 45.7 Å². The van der Waals surface area contributed by atoms with E-state index >= 15 is 0 Å². The summed E-state index contributed by atoms with van der Waals surface area (Å²) in [4.78, 5) is 23.9. The van der Waals surface area contributed by atoms with E-state index in [1.807, 2.05) is 31.2 Å². The van der Waals surface area contributed by atoms with Gasteiger partial charge in [-0.1, -0.05) is 54.3 Å². The van der Waals surface area contributed by atoms with Crippen LogP contribution in [0.1, 0.15) is 12.5 Å². The minimum Gasteiger partial charge on any atom is -0.357 e. The third kappa shape index (κ3) is 6.49. The Morgan fingerprint density at radius 2 is 2.08 bits per heavy atom. The van der Waals surface area contributed by atoms with E-state index < -0.39 is 0 Å². The zero-order valence-electron chi connectivity index (χ0n) is 14.4. The Labute approximate surface area is 160 Å². The number of aryl methyl sites for hydroxylation is 1. The number of carbonyl (C=O) groups excluding carboxylic acids is 2. The summed E-state index contributed by atoms with van der Waals surface area (Å²) in [5.74, 6) is -0.310. The first-order valence-electron chi connectivity index (χ1n) is 8.08. The maximum absolute atomic E-state index is 12.0. The van der Waals surface area contributed by atoms with Crippen molar-refractivity contribution < 1.29 is 9.59 Å². The molecule has 2 rings (SSSR count). The second-order valence-electron chi connectivity index (χ2n) is 5.17. The van der Waals surface area contributed by atoms with Gasteiger partial charge in [-0.05, 0) is 18.1 Å². The first-order valence-corrected chi connectivity index (χ1v) is 9.88. The molecular weight excluding hydrogens is 370 g/mol. The van der Waals surface area contributed by atoms with E-state index in [1.54, 1.807) is 6.08 Å². The molecule has 7 nitrogen and oxygen atoms in total. The molecule has 0 unspecified atom stereocenters. The largest absolute Gasteiger partial charge is 0.357 e. The van der Waals surface area contributed by atoms with Crippen LogP contribution in [0.5, 0.6) is 0 Å². The van der Waals surface area contributed by atoms with E-state index in [9.17, 15) is 9.59 Å². The smallest absolute Gasteiger partial charge is 0.243 e. The second kappa shape index (κ2) is 10.6. The van der Waals surface area contributed by atoms with Crippen molar-refractivity contribution in [3.05, 3.63) is 42.5 Å². The van der Waals surface area contributed by atoms with E-state index in [1.165, 1.54) is 23.1 Å². The molecule has 0 aliphatic heterocycles. The van der Waals surface area contributed by atoms with Crippen LogP contribution in [0.2, 0.25) is 0 Å². The van der Waals surface area contributed by atoms with Crippen LogP contribution >= 0.6 is 23.1 Å². The standard InChI is InChI=1S/C17H21N5O2S2/c1-3-9-18-16-21-22-17(26-16)25-11-15(24)19-10-14(23)20-13-8-6-5-7-12(13)4-2/h3,5-8H,1,4,9-11H2,2H3,(H,18,21)(H,19,24)(H,20,23). The third-order valence-corrected chi connectivity index (χ3v) is 5.26. The fourth-order valence-corrected chi connectivity index (χ4v) is 3.59. The number of amides is 2. The zero-order chi connectivity index (χ0) is 18.8. The lowest BCUT2D eigenvalue weighted by Gasteiger charge is -2.10. The molecule has 0 spiro atoms. The number of thioether (sulfide) groups is 1. The molecule has 26 heavy (non-hydrogen) atoms. The lowest BCUT2D eigenvalue weighted by molar-refractivity contribution is -0.122. The van der Waals surface area contributed by atoms with Crippen LogP contribution < -0.4 is 16.0 Å². The molecule has 1 aromatic heterocycles. The van der Waals surface area contributed by atoms with Gasteiger partial charge in [-0.15, -0.1) is 16.8 Å². The minimum absolute atomic E-state index is 0.0697. The van der Waals surface area contributed by atoms with E-state index in [4.69, 9.17) is 0 Å². The first-order chi connectivity index (χ1) is 12.6. The monoisotopic (exact) mass is 391 g/mol. The fourth-order valence-electron chi connectivity index (χ4n) is 2.00. The molecular formula is C17H21N5O2S2. The summed E-state index contributed by atoms with van der Waals surface area (Å²) in [6.07, 6.45) is 2.55. The number of nitrogens with one attached hydrogen (secondary N) is 3. The van der Waals surface area contributed by atoms with Crippen molar-refractivity contribution in [1.82, 2.24) is 15.5 Å². The van der Waals surface area contributed by atoms with Gasteiger partial charge >= 0.3 is 0 Å². The molecule has 0 fully saturated rings. The van der Waals surface area contributed by atoms with Crippen molar-refractivity contribution in [1.29, 1.82) is 0 Å². The van der Waals surface area contributed by atoms with Crippen molar-refractivity contribution in [2.75, 3.05) is 29.5 Å². The van der Waals surface area contributed by atoms with Crippen molar-refractivity contribution in [2.45, 2.75) is 17.7 Å². The molecule has 0 aliphatic carbocycles. The number of para-hydroxylation sites is 1. The quantitative estimate of drug-likeness (QED) is 0.425. The van der Waals surface area contributed by atoms with Crippen LogP contribution in [0, 0.1) is 0 Å². The SMILES string of the molecule is C=CCNc1nnc(SCC(=O)NCC(=O)Nc2ccccc2CC)s1. The van der Waals surface area contributed by atoms with E-state index in [-0.39, 0.29) is 24.1 Å². The molecule has 0 radical (unpaired) electrons. The van der Waals surface area contributed by atoms with Crippen LogP contribution in [0.3, 0.4) is 0 Å². The Bertz CT molecular complexity index is 763. The van der Waals surface area contributed by atoms with Crippen molar-refractivity contribution in [2.24, 2.45) is 0 Å². The number of anilines is 2. The maximum atomic E-state index is 12.0. The Balaban J connectivity index is 1.71. The number of aromatic nitrogens is 2. The number of carbonyl (C=O) groups is 2. The predicted molar refractivity (Wildman–Crippen MR) is 107 cm³/mol. The highest BCUT2D eigenvalue weighted by Crippen LogP contribution is 2.25. The average Bonchev–Trinajstić information content (AvgIpc) is 3.11. The highest BCUT2D eigenvalue weighted by Gasteiger charge is 2.10. The number of benzene rings is 1. The van der Waals surface area contributed by atoms with Gasteiger partial charge in [0.1, 0.15) is 0 Å². The van der Waals surface area contributed by atoms with Gasteiger partial charge in [0.25, 0.3) is 0 Å². The van der Waals surface area contributed by atoms with E-state index in [0.29, 0.717) is 16.0 Å². The summed E-state index contributed by atoms with van der Waals surface area (Å²) in [5, 5.41) is 17.1. The molecule has 0 atom stereocenters. The van der Waals surface area contributed by atoms with Gasteiger partial charge in [0.2, 0.25) is 16.9 Å². The molecule has 138 valence electrons. The molecule has 9 heteroatoms. The molecule has 2 aromatic rings. The summed E-state index contributed by atoms with van der Waals surface area (Å²) in [5.41, 5.74) is 1.83. The van der Waals surface area contributed by atoms with Gasteiger partial charge in [0, 0.05) is 12.2 Å². The maximum Gasteiger partial charge on any atom is 0.243 e. The van der Waals surface area contributed by atoms with Gasteiger partial charge in [0.15, 0.2) is 4.34 Å². The number of rotatable bonds is 10. The van der Waals surface area contributed by atoms with Gasteiger partial charge < -0.3 is 16.0 Å². The van der Waals surface area contributed by atoms with Gasteiger partial charge in [-0.25, -0.2) is 0 Å². The summed E-state index contributed by atoms with van der Waals surface area (Å²) < 4.78 is 0.688. The van der Waals surface area contributed by atoms with Crippen molar-refractivity contribution in [3.63, 3.8) is 0 Å². The molecule has 1 aromatic carbocycles. The average molecular weight is 392 g/mol. The fraction of sp³-hybridized carbons (Fsp3) is 0.294. The lowest BCUT2D eigenvalue weighted by atomic mass is 10.1. The molecule has 1 heterocycles. The van der Waals surface area contributed by atoms with Crippen LogP contribution in [0.25, 0.3) is 0 Å². The summed E-state index contributed by atoms with van der Waals surface area (Å²) in [7, 11) is 0. The number of nitrogens with zero attached hydrogens (tertiary/aromatic N) is 2. The zero-order valence-corrected chi connectivity index (χ0v) is 16.1. The molecule has 0 saturated carbocycles. The number of hydrogen-bond donors (Lipinski definition) is 3. The van der Waals surface area contributed by atoms with Gasteiger partial charge in [-0.2, -0.15) is 0 Å². The Hall–Kier alpha value is -2.39.